The van der Waals surface area contributed by atoms with Crippen molar-refractivity contribution in [1.29, 1.82) is 0 Å². The molecule has 1 aliphatic heterocycles. The summed E-state index contributed by atoms with van der Waals surface area (Å²) in [6.07, 6.45) is 4.75. The Morgan fingerprint density at radius 2 is 2.06 bits per heavy atom. The highest BCUT2D eigenvalue weighted by molar-refractivity contribution is 7.85. The molecule has 0 N–H and O–H groups in total. The normalized spacial score (nSPS) is 15.4. The third-order valence-electron chi connectivity index (χ3n) is 5.27. The van der Waals surface area contributed by atoms with Crippen molar-refractivity contribution < 1.29 is 26.8 Å². The zero-order valence-electron chi connectivity index (χ0n) is 19.5. The maximum Gasteiger partial charge on any atom is 0.264 e. The van der Waals surface area contributed by atoms with Crippen LogP contribution in [0.4, 0.5) is 0 Å². The highest BCUT2D eigenvalue weighted by Gasteiger charge is 2.25. The number of pyridine rings is 1. The third-order valence-corrected chi connectivity index (χ3v) is 7.23. The Hall–Kier alpha value is -2.73. The molecule has 3 aromatic rings. The van der Waals surface area contributed by atoms with Crippen LogP contribution in [-0.4, -0.2) is 57.6 Å². The summed E-state index contributed by atoms with van der Waals surface area (Å²) in [6, 6.07) is 12.3. The van der Waals surface area contributed by atoms with Gasteiger partial charge in [0.05, 0.1) is 11.9 Å². The summed E-state index contributed by atoms with van der Waals surface area (Å²) in [5.41, 5.74) is 2.82. The summed E-state index contributed by atoms with van der Waals surface area (Å²) in [5, 5.41) is 4.35. The van der Waals surface area contributed by atoms with Crippen molar-refractivity contribution >= 4 is 18.9 Å². The van der Waals surface area contributed by atoms with E-state index >= 15 is 0 Å². The number of hydrogen-bond acceptors (Lipinski definition) is 8. The molecule has 11 heteroatoms. The Morgan fingerprint density at radius 3 is 2.79 bits per heavy atom. The van der Waals surface area contributed by atoms with Crippen LogP contribution in [0.25, 0.3) is 11.3 Å². The van der Waals surface area contributed by atoms with Crippen LogP contribution >= 0.6 is 0 Å². The third kappa shape index (κ3) is 6.66. The molecule has 1 aromatic carbocycles. The molecule has 1 atom stereocenters. The number of rotatable bonds is 11. The van der Waals surface area contributed by atoms with Gasteiger partial charge in [-0.25, -0.2) is 9.67 Å². The summed E-state index contributed by atoms with van der Waals surface area (Å²) in [6.45, 7) is 5.76. The molecule has 1 aliphatic rings. The first kappa shape index (κ1) is 24.4. The first-order valence-electron chi connectivity index (χ1n) is 11.1. The van der Waals surface area contributed by atoms with Gasteiger partial charge in [0.25, 0.3) is 10.1 Å². The molecule has 1 unspecified atom stereocenters. The molecule has 3 heterocycles. The number of fused-ring (bicyclic) bond motifs is 1. The van der Waals surface area contributed by atoms with Crippen molar-refractivity contribution in [3.8, 4) is 28.6 Å². The van der Waals surface area contributed by atoms with Gasteiger partial charge in [0.1, 0.15) is 30.9 Å². The van der Waals surface area contributed by atoms with Crippen LogP contribution in [0.3, 0.4) is 0 Å². The van der Waals surface area contributed by atoms with Crippen molar-refractivity contribution in [3.05, 3.63) is 54.4 Å². The Balaban J connectivity index is 1.35. The molecule has 0 radical (unpaired) electrons. The van der Waals surface area contributed by atoms with Crippen LogP contribution in [0.1, 0.15) is 5.56 Å². The van der Waals surface area contributed by atoms with E-state index in [0.29, 0.717) is 30.5 Å². The van der Waals surface area contributed by atoms with Crippen molar-refractivity contribution in [1.82, 2.24) is 14.8 Å². The van der Waals surface area contributed by atoms with Gasteiger partial charge in [-0.2, -0.15) is 13.5 Å². The molecule has 4 rings (SSSR count). The summed E-state index contributed by atoms with van der Waals surface area (Å²) >= 11 is 0. The first-order valence-corrected chi connectivity index (χ1v) is 16.1. The fraction of sp³-hybridized carbons (Fsp3) is 0.391. The molecule has 34 heavy (non-hydrogen) atoms. The number of hydrogen-bond donors (Lipinski definition) is 0. The Kier molecular flexibility index (Phi) is 7.66. The summed E-state index contributed by atoms with van der Waals surface area (Å²) < 4.78 is 46.5. The van der Waals surface area contributed by atoms with Crippen molar-refractivity contribution in [2.45, 2.75) is 38.4 Å². The van der Waals surface area contributed by atoms with Gasteiger partial charge < -0.3 is 14.2 Å². The predicted octanol–water partition coefficient (Wildman–Crippen LogP) is 3.48. The lowest BCUT2D eigenvalue weighted by molar-refractivity contribution is 0.0801. The maximum atomic E-state index is 11.2. The SMILES string of the molecule is C[SiH](C)CCOCn1nccc1-c1ccc(Oc2ccc3c(c2)OC(COS(C)(=O)=O)C3)nc1. The number of aromatic nitrogens is 3. The molecule has 0 bridgehead atoms. The monoisotopic (exact) mass is 503 g/mol. The minimum Gasteiger partial charge on any atom is -0.487 e. The fourth-order valence-electron chi connectivity index (χ4n) is 3.50. The van der Waals surface area contributed by atoms with Gasteiger partial charge in [0, 0.05) is 51.9 Å². The van der Waals surface area contributed by atoms with Gasteiger partial charge in [-0.05, 0) is 29.8 Å². The summed E-state index contributed by atoms with van der Waals surface area (Å²) in [7, 11) is -4.12. The van der Waals surface area contributed by atoms with Crippen LogP contribution in [0, 0.1) is 0 Å². The first-order chi connectivity index (χ1) is 16.3. The van der Waals surface area contributed by atoms with Gasteiger partial charge in [0.15, 0.2) is 0 Å². The fourth-order valence-corrected chi connectivity index (χ4v) is 4.54. The molecule has 9 nitrogen and oxygen atoms in total. The lowest BCUT2D eigenvalue weighted by atomic mass is 10.1. The average Bonchev–Trinajstić information content (AvgIpc) is 3.41. The molecule has 0 saturated heterocycles. The minimum absolute atomic E-state index is 0.0200. The highest BCUT2D eigenvalue weighted by Crippen LogP contribution is 2.34. The number of benzene rings is 1. The van der Waals surface area contributed by atoms with Crippen LogP contribution in [0.2, 0.25) is 19.1 Å². The average molecular weight is 504 g/mol. The van der Waals surface area contributed by atoms with Crippen molar-refractivity contribution in [2.75, 3.05) is 19.5 Å². The largest absolute Gasteiger partial charge is 0.487 e. The zero-order chi connectivity index (χ0) is 24.1. The van der Waals surface area contributed by atoms with E-state index in [0.717, 1.165) is 35.7 Å². The smallest absolute Gasteiger partial charge is 0.264 e. The van der Waals surface area contributed by atoms with Crippen LogP contribution in [-0.2, 0) is 32.2 Å². The number of nitrogens with zero attached hydrogens (tertiary/aromatic N) is 3. The van der Waals surface area contributed by atoms with Crippen LogP contribution in [0.15, 0.2) is 48.8 Å². The standard InChI is InChI=1S/C23H29N3O6SSi/c1-33(27,28)30-15-20-12-17-4-6-19(13-22(17)31-20)32-23-7-5-18(14-24-23)21-8-9-25-26(21)16-29-10-11-34(2)3/h4-9,13-14,20,34H,10-12,15-16H2,1-3H3. The topological polar surface area (TPSA) is 102 Å². The molecule has 0 spiro atoms. The van der Waals surface area contributed by atoms with Gasteiger partial charge in [-0.3, -0.25) is 4.18 Å². The van der Waals surface area contributed by atoms with Gasteiger partial charge >= 0.3 is 0 Å². The maximum absolute atomic E-state index is 11.2. The molecule has 0 amide bonds. The molecular weight excluding hydrogens is 474 g/mol. The van der Waals surface area contributed by atoms with E-state index in [1.807, 2.05) is 28.9 Å². The van der Waals surface area contributed by atoms with E-state index in [1.165, 1.54) is 0 Å². The molecule has 2 aromatic heterocycles. The molecule has 0 aliphatic carbocycles. The second kappa shape index (κ2) is 10.7. The summed E-state index contributed by atoms with van der Waals surface area (Å²) in [5.74, 6) is 1.68. The Labute approximate surface area is 201 Å². The van der Waals surface area contributed by atoms with Gasteiger partial charge in [-0.1, -0.05) is 19.2 Å². The number of ether oxygens (including phenoxy) is 3. The molecule has 182 valence electrons. The molecule has 0 saturated carbocycles. The van der Waals surface area contributed by atoms with Gasteiger partial charge in [-0.15, -0.1) is 0 Å². The predicted molar refractivity (Wildman–Crippen MR) is 131 cm³/mol. The van der Waals surface area contributed by atoms with Crippen molar-refractivity contribution in [2.24, 2.45) is 0 Å². The second-order valence-corrected chi connectivity index (χ2v) is 13.6. The van der Waals surface area contributed by atoms with E-state index in [2.05, 4.69) is 23.2 Å². The second-order valence-electron chi connectivity index (χ2n) is 8.63. The lowest BCUT2D eigenvalue weighted by Crippen LogP contribution is -2.22. The van der Waals surface area contributed by atoms with E-state index in [1.54, 1.807) is 24.5 Å². The van der Waals surface area contributed by atoms with Crippen LogP contribution in [0.5, 0.6) is 17.4 Å². The van der Waals surface area contributed by atoms with E-state index in [4.69, 9.17) is 18.4 Å². The highest BCUT2D eigenvalue weighted by atomic mass is 32.2. The zero-order valence-corrected chi connectivity index (χ0v) is 21.5. The molecule has 0 fully saturated rings. The van der Waals surface area contributed by atoms with E-state index in [9.17, 15) is 8.42 Å². The Morgan fingerprint density at radius 1 is 1.21 bits per heavy atom. The summed E-state index contributed by atoms with van der Waals surface area (Å²) in [4.78, 5) is 4.43. The van der Waals surface area contributed by atoms with E-state index in [-0.39, 0.29) is 12.7 Å². The van der Waals surface area contributed by atoms with Crippen molar-refractivity contribution in [3.63, 3.8) is 0 Å². The van der Waals surface area contributed by atoms with E-state index < -0.39 is 18.9 Å². The minimum atomic E-state index is -3.50. The van der Waals surface area contributed by atoms with Gasteiger partial charge in [0.2, 0.25) is 5.88 Å². The molecular formula is C23H29N3O6SSi. The Bertz CT molecular complexity index is 1210. The van der Waals surface area contributed by atoms with Crippen LogP contribution < -0.4 is 9.47 Å². The lowest BCUT2D eigenvalue weighted by Gasteiger charge is -2.11. The quantitative estimate of drug-likeness (QED) is 0.223.